The standard InChI is InChI=1S/C15H17FN2O/c16-14-7-2-1-6-12(14)13-10-18-19-15(13)9-11-5-3-4-8-17-11/h1-2,6-7,10-11,17H,3-5,8-9H2. The van der Waals surface area contributed by atoms with Crippen LogP contribution in [0.5, 0.6) is 0 Å². The second-order valence-corrected chi connectivity index (χ2v) is 4.99. The minimum absolute atomic E-state index is 0.233. The van der Waals surface area contributed by atoms with Crippen molar-refractivity contribution in [3.05, 3.63) is 42.0 Å². The zero-order chi connectivity index (χ0) is 13.1. The highest BCUT2D eigenvalue weighted by Gasteiger charge is 2.19. The van der Waals surface area contributed by atoms with Gasteiger partial charge in [0.25, 0.3) is 0 Å². The first-order chi connectivity index (χ1) is 9.34. The number of nitrogens with one attached hydrogen (secondary N) is 1. The van der Waals surface area contributed by atoms with E-state index in [0.717, 1.165) is 30.7 Å². The summed E-state index contributed by atoms with van der Waals surface area (Å²) in [6, 6.07) is 7.15. The Bertz CT molecular complexity index is 547. The molecule has 2 heterocycles. The van der Waals surface area contributed by atoms with Crippen molar-refractivity contribution in [2.75, 3.05) is 6.54 Å². The van der Waals surface area contributed by atoms with Crippen LogP contribution >= 0.6 is 0 Å². The average Bonchev–Trinajstić information content (AvgIpc) is 2.88. The molecule has 2 aromatic rings. The first-order valence-corrected chi connectivity index (χ1v) is 6.76. The number of aromatic nitrogens is 1. The highest BCUT2D eigenvalue weighted by molar-refractivity contribution is 5.65. The SMILES string of the molecule is Fc1ccccc1-c1cnoc1CC1CCCCN1. The Hall–Kier alpha value is -1.68. The summed E-state index contributed by atoms with van der Waals surface area (Å²) in [6.07, 6.45) is 5.98. The van der Waals surface area contributed by atoms with Crippen LogP contribution in [0.25, 0.3) is 11.1 Å². The van der Waals surface area contributed by atoms with Crippen LogP contribution in [-0.2, 0) is 6.42 Å². The first-order valence-electron chi connectivity index (χ1n) is 6.76. The third kappa shape index (κ3) is 2.68. The molecule has 0 bridgehead atoms. The molecule has 0 radical (unpaired) electrons. The molecular weight excluding hydrogens is 243 g/mol. The molecule has 1 saturated heterocycles. The van der Waals surface area contributed by atoms with E-state index >= 15 is 0 Å². The van der Waals surface area contributed by atoms with E-state index in [-0.39, 0.29) is 5.82 Å². The van der Waals surface area contributed by atoms with Gasteiger partial charge in [0.1, 0.15) is 11.6 Å². The summed E-state index contributed by atoms with van der Waals surface area (Å²) in [5.41, 5.74) is 1.33. The van der Waals surface area contributed by atoms with E-state index in [1.54, 1.807) is 18.3 Å². The molecule has 3 nitrogen and oxygen atoms in total. The number of halogens is 1. The van der Waals surface area contributed by atoms with Crippen LogP contribution in [-0.4, -0.2) is 17.7 Å². The van der Waals surface area contributed by atoms with E-state index in [4.69, 9.17) is 4.52 Å². The summed E-state index contributed by atoms with van der Waals surface area (Å²) < 4.78 is 19.1. The lowest BCUT2D eigenvalue weighted by Crippen LogP contribution is -2.35. The predicted molar refractivity (Wildman–Crippen MR) is 71.2 cm³/mol. The molecule has 0 aliphatic carbocycles. The van der Waals surface area contributed by atoms with Gasteiger partial charge in [-0.15, -0.1) is 0 Å². The maximum absolute atomic E-state index is 13.8. The number of rotatable bonds is 3. The number of hydrogen-bond acceptors (Lipinski definition) is 3. The van der Waals surface area contributed by atoms with Crippen molar-refractivity contribution in [2.45, 2.75) is 31.7 Å². The van der Waals surface area contributed by atoms with E-state index < -0.39 is 0 Å². The normalized spacial score (nSPS) is 19.5. The molecule has 1 unspecified atom stereocenters. The van der Waals surface area contributed by atoms with Crippen LogP contribution in [0.1, 0.15) is 25.0 Å². The predicted octanol–water partition coefficient (Wildman–Crippen LogP) is 3.17. The van der Waals surface area contributed by atoms with Crippen molar-refractivity contribution in [3.63, 3.8) is 0 Å². The fourth-order valence-electron chi connectivity index (χ4n) is 2.63. The maximum Gasteiger partial charge on any atom is 0.146 e. The van der Waals surface area contributed by atoms with Crippen molar-refractivity contribution >= 4 is 0 Å². The summed E-state index contributed by atoms with van der Waals surface area (Å²) in [5.74, 6) is 0.535. The molecule has 0 spiro atoms. The van der Waals surface area contributed by atoms with Crippen molar-refractivity contribution < 1.29 is 8.91 Å². The second kappa shape index (κ2) is 5.53. The second-order valence-electron chi connectivity index (χ2n) is 4.99. The molecule has 100 valence electrons. The van der Waals surface area contributed by atoms with Crippen molar-refractivity contribution in [1.82, 2.24) is 10.5 Å². The van der Waals surface area contributed by atoms with Gasteiger partial charge in [0.05, 0.1) is 6.20 Å². The van der Waals surface area contributed by atoms with Gasteiger partial charge in [-0.2, -0.15) is 0 Å². The van der Waals surface area contributed by atoms with Gasteiger partial charge in [-0.05, 0) is 25.5 Å². The van der Waals surface area contributed by atoms with Gasteiger partial charge in [0.2, 0.25) is 0 Å². The minimum Gasteiger partial charge on any atom is -0.361 e. The third-order valence-electron chi connectivity index (χ3n) is 3.65. The van der Waals surface area contributed by atoms with Crippen LogP contribution in [0, 0.1) is 5.82 Å². The van der Waals surface area contributed by atoms with E-state index in [9.17, 15) is 4.39 Å². The molecule has 1 N–H and O–H groups in total. The number of hydrogen-bond donors (Lipinski definition) is 1. The van der Waals surface area contributed by atoms with Crippen molar-refractivity contribution in [3.8, 4) is 11.1 Å². The van der Waals surface area contributed by atoms with Gasteiger partial charge in [-0.1, -0.05) is 29.8 Å². The topological polar surface area (TPSA) is 38.1 Å². The summed E-state index contributed by atoms with van der Waals surface area (Å²) in [5, 5.41) is 7.30. The Morgan fingerprint density at radius 3 is 2.95 bits per heavy atom. The lowest BCUT2D eigenvalue weighted by Gasteiger charge is -2.22. The zero-order valence-electron chi connectivity index (χ0n) is 10.7. The van der Waals surface area contributed by atoms with E-state index in [0.29, 0.717) is 11.6 Å². The summed E-state index contributed by atoms with van der Waals surface area (Å²) in [6.45, 7) is 1.05. The van der Waals surface area contributed by atoms with Gasteiger partial charge < -0.3 is 9.84 Å². The first kappa shape index (κ1) is 12.4. The Balaban J connectivity index is 1.84. The molecule has 0 amide bonds. The quantitative estimate of drug-likeness (QED) is 0.921. The molecular formula is C15H17FN2O. The molecule has 1 fully saturated rings. The number of piperidine rings is 1. The summed E-state index contributed by atoms with van der Waals surface area (Å²) in [4.78, 5) is 0. The third-order valence-corrected chi connectivity index (χ3v) is 3.65. The largest absolute Gasteiger partial charge is 0.361 e. The van der Waals surface area contributed by atoms with E-state index in [1.807, 2.05) is 6.07 Å². The lowest BCUT2D eigenvalue weighted by atomic mass is 9.97. The van der Waals surface area contributed by atoms with Crippen LogP contribution in [0.2, 0.25) is 0 Å². The molecule has 1 aliphatic heterocycles. The molecule has 1 aliphatic rings. The van der Waals surface area contributed by atoms with Gasteiger partial charge in [-0.25, -0.2) is 4.39 Å². The van der Waals surface area contributed by atoms with E-state index in [1.165, 1.54) is 18.9 Å². The molecule has 1 aromatic carbocycles. The van der Waals surface area contributed by atoms with Crippen molar-refractivity contribution in [1.29, 1.82) is 0 Å². The van der Waals surface area contributed by atoms with Gasteiger partial charge in [0, 0.05) is 23.6 Å². The Morgan fingerprint density at radius 1 is 1.26 bits per heavy atom. The van der Waals surface area contributed by atoms with Gasteiger partial charge >= 0.3 is 0 Å². The number of nitrogens with zero attached hydrogens (tertiary/aromatic N) is 1. The molecule has 1 aromatic heterocycles. The van der Waals surface area contributed by atoms with Gasteiger partial charge in [0.15, 0.2) is 0 Å². The van der Waals surface area contributed by atoms with Crippen molar-refractivity contribution in [2.24, 2.45) is 0 Å². The average molecular weight is 260 g/mol. The van der Waals surface area contributed by atoms with Gasteiger partial charge in [-0.3, -0.25) is 0 Å². The zero-order valence-corrected chi connectivity index (χ0v) is 10.7. The smallest absolute Gasteiger partial charge is 0.146 e. The van der Waals surface area contributed by atoms with Crippen LogP contribution in [0.4, 0.5) is 4.39 Å². The Morgan fingerprint density at radius 2 is 2.16 bits per heavy atom. The molecule has 4 heteroatoms. The summed E-state index contributed by atoms with van der Waals surface area (Å²) in [7, 11) is 0. The molecule has 1 atom stereocenters. The minimum atomic E-state index is -0.233. The lowest BCUT2D eigenvalue weighted by molar-refractivity contribution is 0.337. The maximum atomic E-state index is 13.8. The monoisotopic (exact) mass is 260 g/mol. The van der Waals surface area contributed by atoms with Crippen LogP contribution < -0.4 is 5.32 Å². The fraction of sp³-hybridized carbons (Fsp3) is 0.400. The molecule has 19 heavy (non-hydrogen) atoms. The Labute approximate surface area is 111 Å². The van der Waals surface area contributed by atoms with Crippen LogP contribution in [0.15, 0.2) is 35.0 Å². The highest BCUT2D eigenvalue weighted by atomic mass is 19.1. The molecule has 3 rings (SSSR count). The van der Waals surface area contributed by atoms with Crippen LogP contribution in [0.3, 0.4) is 0 Å². The fourth-order valence-corrected chi connectivity index (χ4v) is 2.63. The number of benzene rings is 1. The Kier molecular flexibility index (Phi) is 3.60. The van der Waals surface area contributed by atoms with E-state index in [2.05, 4.69) is 10.5 Å². The highest BCUT2D eigenvalue weighted by Crippen LogP contribution is 2.27. The summed E-state index contributed by atoms with van der Waals surface area (Å²) >= 11 is 0. The molecule has 0 saturated carbocycles.